The second kappa shape index (κ2) is 9.79. The number of carbonyl (C=O) groups is 3. The van der Waals surface area contributed by atoms with Crippen molar-refractivity contribution < 1.29 is 24.2 Å². The van der Waals surface area contributed by atoms with Gasteiger partial charge in [-0.3, -0.25) is 14.4 Å². The van der Waals surface area contributed by atoms with Crippen molar-refractivity contribution in [3.8, 4) is 0 Å². The van der Waals surface area contributed by atoms with E-state index in [1.54, 1.807) is 34.1 Å². The summed E-state index contributed by atoms with van der Waals surface area (Å²) in [7, 11) is 0. The fourth-order valence-electron chi connectivity index (χ4n) is 6.45. The lowest BCUT2D eigenvalue weighted by Crippen LogP contribution is -2.58. The Bertz CT molecular complexity index is 1160. The normalized spacial score (nSPS) is 34.7. The first-order chi connectivity index (χ1) is 17.7. The van der Waals surface area contributed by atoms with Crippen molar-refractivity contribution in [1.82, 2.24) is 4.90 Å². The van der Waals surface area contributed by atoms with Crippen LogP contribution < -0.4 is 4.90 Å². The van der Waals surface area contributed by atoms with E-state index in [1.165, 1.54) is 11.8 Å². The van der Waals surface area contributed by atoms with Gasteiger partial charge >= 0.3 is 5.97 Å². The molecule has 4 heterocycles. The number of hydrogen-bond donors (Lipinski definition) is 1. The molecule has 1 N–H and O–H groups in total. The zero-order valence-corrected chi connectivity index (χ0v) is 22.9. The number of halogens is 1. The molecular formula is C28H33ClN2O5S. The number of anilines is 1. The zero-order chi connectivity index (χ0) is 26.5. The van der Waals surface area contributed by atoms with Crippen LogP contribution in [0, 0.1) is 17.8 Å². The quantitative estimate of drug-likeness (QED) is 0.448. The van der Waals surface area contributed by atoms with E-state index in [0.717, 1.165) is 6.42 Å². The second-order valence-corrected chi connectivity index (χ2v) is 12.8. The van der Waals surface area contributed by atoms with Crippen molar-refractivity contribution in [1.29, 1.82) is 0 Å². The number of esters is 1. The first-order valence-electron chi connectivity index (χ1n) is 12.9. The van der Waals surface area contributed by atoms with Gasteiger partial charge in [0.2, 0.25) is 5.91 Å². The summed E-state index contributed by atoms with van der Waals surface area (Å²) in [4.78, 5) is 45.6. The molecule has 1 aromatic rings. The minimum absolute atomic E-state index is 0.0468. The van der Waals surface area contributed by atoms with Crippen LogP contribution in [0.3, 0.4) is 0 Å². The van der Waals surface area contributed by atoms with E-state index < -0.39 is 39.4 Å². The van der Waals surface area contributed by atoms with Gasteiger partial charge in [-0.05, 0) is 43.5 Å². The molecule has 7 atom stereocenters. The topological polar surface area (TPSA) is 87.2 Å². The molecule has 2 fully saturated rings. The van der Waals surface area contributed by atoms with Crippen LogP contribution in [0.4, 0.5) is 5.69 Å². The summed E-state index contributed by atoms with van der Waals surface area (Å²) in [6.45, 7) is 6.26. The molecule has 9 heteroatoms. The predicted octanol–water partition coefficient (Wildman–Crippen LogP) is 3.84. The van der Waals surface area contributed by atoms with Crippen LogP contribution >= 0.6 is 23.4 Å². The number of thioether (sulfide) groups is 1. The summed E-state index contributed by atoms with van der Waals surface area (Å²) in [5.41, 5.74) is 0.676. The number of cyclic esters (lactones) is 1. The Kier molecular flexibility index (Phi) is 6.96. The van der Waals surface area contributed by atoms with Gasteiger partial charge in [-0.15, -0.1) is 11.8 Å². The Morgan fingerprint density at radius 3 is 2.54 bits per heavy atom. The molecule has 0 saturated carbocycles. The van der Waals surface area contributed by atoms with E-state index in [1.807, 2.05) is 45.1 Å². The average Bonchev–Trinajstić information content (AvgIpc) is 3.19. The van der Waals surface area contributed by atoms with E-state index in [4.69, 9.17) is 16.3 Å². The number of nitrogens with zero attached hydrogens (tertiary/aromatic N) is 2. The maximum Gasteiger partial charge on any atom is 0.311 e. The van der Waals surface area contributed by atoms with Gasteiger partial charge in [0.25, 0.3) is 5.91 Å². The van der Waals surface area contributed by atoms with Crippen LogP contribution in [0.25, 0.3) is 0 Å². The number of likely N-dealkylation sites (tertiary alicyclic amines) is 1. The highest BCUT2D eigenvalue weighted by Gasteiger charge is 2.74. The van der Waals surface area contributed by atoms with Crippen LogP contribution in [0.15, 0.2) is 48.6 Å². The smallest absolute Gasteiger partial charge is 0.311 e. The lowest BCUT2D eigenvalue weighted by Gasteiger charge is -2.41. The summed E-state index contributed by atoms with van der Waals surface area (Å²) in [5.74, 6) is -2.48. The van der Waals surface area contributed by atoms with E-state index >= 15 is 0 Å². The molecule has 2 saturated heterocycles. The maximum atomic E-state index is 14.5. The molecule has 0 aromatic heterocycles. The molecule has 5 rings (SSSR count). The number of benzene rings is 1. The highest BCUT2D eigenvalue weighted by Crippen LogP contribution is 2.65. The van der Waals surface area contributed by atoms with Crippen molar-refractivity contribution >= 4 is 46.8 Å². The first-order valence-corrected chi connectivity index (χ1v) is 14.1. The monoisotopic (exact) mass is 544 g/mol. The Hall–Kier alpha value is -2.29. The number of aliphatic hydroxyl groups excluding tert-OH is 1. The Morgan fingerprint density at radius 1 is 1.14 bits per heavy atom. The van der Waals surface area contributed by atoms with Gasteiger partial charge in [-0.2, -0.15) is 0 Å². The Morgan fingerprint density at radius 2 is 1.86 bits per heavy atom. The van der Waals surface area contributed by atoms with Crippen LogP contribution in [-0.2, 0) is 19.1 Å². The van der Waals surface area contributed by atoms with E-state index in [0.29, 0.717) is 23.7 Å². The van der Waals surface area contributed by atoms with Crippen LogP contribution in [0.1, 0.15) is 33.6 Å². The van der Waals surface area contributed by atoms with Crippen molar-refractivity contribution in [3.63, 3.8) is 0 Å². The maximum absolute atomic E-state index is 14.5. The van der Waals surface area contributed by atoms with Crippen molar-refractivity contribution in [3.05, 3.63) is 53.6 Å². The molecule has 0 radical (unpaired) electrons. The van der Waals surface area contributed by atoms with E-state index in [2.05, 4.69) is 0 Å². The lowest BCUT2D eigenvalue weighted by atomic mass is 9.74. The zero-order valence-electron chi connectivity index (χ0n) is 21.3. The van der Waals surface area contributed by atoms with Gasteiger partial charge in [-0.25, -0.2) is 0 Å². The third kappa shape index (κ3) is 4.03. The fourth-order valence-corrected chi connectivity index (χ4v) is 8.72. The van der Waals surface area contributed by atoms with Crippen molar-refractivity contribution in [2.45, 2.75) is 55.2 Å². The van der Waals surface area contributed by atoms with E-state index in [-0.39, 0.29) is 30.9 Å². The second-order valence-electron chi connectivity index (χ2n) is 10.6. The average molecular weight is 545 g/mol. The van der Waals surface area contributed by atoms with Crippen molar-refractivity contribution in [2.75, 3.05) is 24.7 Å². The molecule has 4 aliphatic heterocycles. The van der Waals surface area contributed by atoms with Crippen molar-refractivity contribution in [2.24, 2.45) is 17.8 Å². The molecule has 37 heavy (non-hydrogen) atoms. The SMILES string of the molecule is CC[C@H](C)[C@H](CO)N1C(=O)[C@@H]2[C@@H]3C(=O)OCCC=C[C@]3(C)S[C@@]23C=CCN(c2ccc(Cl)cc2)C(=O)C13. The van der Waals surface area contributed by atoms with Gasteiger partial charge in [0, 0.05) is 22.0 Å². The number of amides is 2. The molecule has 198 valence electrons. The molecular weight excluding hydrogens is 512 g/mol. The van der Waals surface area contributed by atoms with Gasteiger partial charge in [-0.1, -0.05) is 56.2 Å². The Balaban J connectivity index is 1.69. The fraction of sp³-hybridized carbons (Fsp3) is 0.536. The van der Waals surface area contributed by atoms with Crippen LogP contribution in [0.5, 0.6) is 0 Å². The lowest BCUT2D eigenvalue weighted by molar-refractivity contribution is -0.155. The van der Waals surface area contributed by atoms with Crippen LogP contribution in [0.2, 0.25) is 5.02 Å². The summed E-state index contributed by atoms with van der Waals surface area (Å²) in [6, 6.07) is 5.61. The summed E-state index contributed by atoms with van der Waals surface area (Å²) < 4.78 is 3.89. The van der Waals surface area contributed by atoms with Gasteiger partial charge in [0.15, 0.2) is 0 Å². The molecule has 0 bridgehead atoms. The molecule has 0 aliphatic carbocycles. The predicted molar refractivity (Wildman–Crippen MR) is 144 cm³/mol. The highest BCUT2D eigenvalue weighted by atomic mass is 35.5. The number of rotatable bonds is 5. The molecule has 7 nitrogen and oxygen atoms in total. The number of ether oxygens (including phenoxy) is 1. The largest absolute Gasteiger partial charge is 0.465 e. The summed E-state index contributed by atoms with van der Waals surface area (Å²) >= 11 is 7.62. The number of carbonyl (C=O) groups excluding carboxylic acids is 3. The molecule has 2 amide bonds. The minimum Gasteiger partial charge on any atom is -0.465 e. The number of aliphatic hydroxyl groups is 1. The third-order valence-corrected chi connectivity index (χ3v) is 10.5. The standard InChI is InChI=1S/C28H33ClN2O5S/c1-4-17(2)20(16-32)31-23-25(34)30(19-10-8-18(29)9-11-19)14-7-13-28(23)21(24(31)33)22-26(35)36-15-6-5-12-27(22,3)37-28/h5,7-13,17,20-23,32H,4,6,14-16H2,1-3H3/t17-,20-,21-,22+,23?,27-,28-/m0/s1. The Labute approximate surface area is 226 Å². The summed E-state index contributed by atoms with van der Waals surface area (Å²) in [6.07, 6.45) is 9.25. The summed E-state index contributed by atoms with van der Waals surface area (Å²) in [5, 5.41) is 11.0. The highest BCUT2D eigenvalue weighted by molar-refractivity contribution is 8.02. The molecule has 1 spiro atoms. The van der Waals surface area contributed by atoms with Gasteiger partial charge in [0.1, 0.15) is 6.04 Å². The number of fused-ring (bicyclic) bond motifs is 2. The van der Waals surface area contributed by atoms with E-state index in [9.17, 15) is 19.5 Å². The third-order valence-electron chi connectivity index (χ3n) is 8.44. The molecule has 4 aliphatic rings. The van der Waals surface area contributed by atoms with Gasteiger partial charge < -0.3 is 19.6 Å². The molecule has 1 aromatic carbocycles. The number of hydrogen-bond acceptors (Lipinski definition) is 6. The van der Waals surface area contributed by atoms with Crippen LogP contribution in [-0.4, -0.2) is 69.1 Å². The minimum atomic E-state index is -0.983. The van der Waals surface area contributed by atoms with Gasteiger partial charge in [0.05, 0.1) is 35.8 Å². The molecule has 1 unspecified atom stereocenters. The first kappa shape index (κ1) is 26.3.